The van der Waals surface area contributed by atoms with Gasteiger partial charge >= 0.3 is 6.61 Å². The second-order valence-electron chi connectivity index (χ2n) is 8.40. The maximum atomic E-state index is 13.3. The van der Waals surface area contributed by atoms with Gasteiger partial charge in [-0.2, -0.15) is 8.78 Å². The van der Waals surface area contributed by atoms with E-state index in [1.807, 2.05) is 30.3 Å². The molecular formula is C27H25F3N2O3. The molecule has 35 heavy (non-hydrogen) atoms. The highest BCUT2D eigenvalue weighted by molar-refractivity contribution is 5.94. The number of alkyl halides is 2. The molecule has 0 radical (unpaired) electrons. The third-order valence-electron chi connectivity index (χ3n) is 6.03. The van der Waals surface area contributed by atoms with Crippen LogP contribution in [0, 0.1) is 11.7 Å². The molecule has 8 heteroatoms. The van der Waals surface area contributed by atoms with Crippen molar-refractivity contribution in [3.05, 3.63) is 101 Å². The first-order valence-electron chi connectivity index (χ1n) is 11.4. The standard InChI is InChI=1S/C27H25F3N2O3/c28-22-12-8-20(9-13-22)26(34)32-16-4-7-21(17-32)25(33)31-24(18-5-2-1-3-6-18)19-10-14-23(15-11-19)35-27(29)30/h1-3,5-6,8-15,21,24,27H,4,7,16-17H2,(H,31,33). The van der Waals surface area contributed by atoms with Gasteiger partial charge in [-0.3, -0.25) is 9.59 Å². The summed E-state index contributed by atoms with van der Waals surface area (Å²) in [6.07, 6.45) is 1.29. The van der Waals surface area contributed by atoms with Gasteiger partial charge in [-0.15, -0.1) is 0 Å². The lowest BCUT2D eigenvalue weighted by Gasteiger charge is -2.33. The van der Waals surface area contributed by atoms with E-state index in [-0.39, 0.29) is 24.1 Å². The second-order valence-corrected chi connectivity index (χ2v) is 8.40. The van der Waals surface area contributed by atoms with E-state index in [0.717, 1.165) is 5.56 Å². The monoisotopic (exact) mass is 482 g/mol. The normalized spacial score (nSPS) is 16.6. The highest BCUT2D eigenvalue weighted by atomic mass is 19.3. The Morgan fingerprint density at radius 3 is 2.23 bits per heavy atom. The molecule has 1 N–H and O–H groups in total. The molecule has 2 atom stereocenters. The third kappa shape index (κ3) is 6.20. The van der Waals surface area contributed by atoms with Gasteiger partial charge in [0.15, 0.2) is 0 Å². The molecule has 0 saturated carbocycles. The molecule has 182 valence electrons. The SMILES string of the molecule is O=C(NC(c1ccccc1)c1ccc(OC(F)F)cc1)C1CCCN(C(=O)c2ccc(F)cc2)C1. The molecule has 0 spiro atoms. The first-order chi connectivity index (χ1) is 16.9. The van der Waals surface area contributed by atoms with Gasteiger partial charge in [-0.1, -0.05) is 42.5 Å². The number of rotatable bonds is 7. The number of nitrogens with zero attached hydrogens (tertiary/aromatic N) is 1. The van der Waals surface area contributed by atoms with Crippen molar-refractivity contribution in [1.82, 2.24) is 10.2 Å². The fourth-order valence-corrected chi connectivity index (χ4v) is 4.26. The minimum absolute atomic E-state index is 0.0316. The van der Waals surface area contributed by atoms with E-state index >= 15 is 0 Å². The highest BCUT2D eigenvalue weighted by Gasteiger charge is 2.30. The van der Waals surface area contributed by atoms with E-state index in [9.17, 15) is 22.8 Å². The van der Waals surface area contributed by atoms with Crippen LogP contribution in [0.2, 0.25) is 0 Å². The van der Waals surface area contributed by atoms with Crippen molar-refractivity contribution >= 4 is 11.8 Å². The number of likely N-dealkylation sites (tertiary alicyclic amines) is 1. The molecule has 0 aromatic heterocycles. The van der Waals surface area contributed by atoms with Gasteiger partial charge in [0.05, 0.1) is 12.0 Å². The summed E-state index contributed by atoms with van der Waals surface area (Å²) < 4.78 is 42.7. The summed E-state index contributed by atoms with van der Waals surface area (Å²) in [7, 11) is 0. The van der Waals surface area contributed by atoms with Gasteiger partial charge in [0.2, 0.25) is 5.91 Å². The third-order valence-corrected chi connectivity index (χ3v) is 6.03. The van der Waals surface area contributed by atoms with Gasteiger partial charge in [0.1, 0.15) is 11.6 Å². The molecule has 3 aromatic rings. The van der Waals surface area contributed by atoms with Crippen LogP contribution in [0.5, 0.6) is 5.75 Å². The Morgan fingerprint density at radius 2 is 1.57 bits per heavy atom. The number of halogens is 3. The van der Waals surface area contributed by atoms with Crippen LogP contribution in [-0.4, -0.2) is 36.4 Å². The molecule has 0 bridgehead atoms. The zero-order chi connectivity index (χ0) is 24.8. The molecule has 2 unspecified atom stereocenters. The zero-order valence-corrected chi connectivity index (χ0v) is 18.9. The lowest BCUT2D eigenvalue weighted by molar-refractivity contribution is -0.126. The Morgan fingerprint density at radius 1 is 0.914 bits per heavy atom. The van der Waals surface area contributed by atoms with Crippen molar-refractivity contribution in [3.63, 3.8) is 0 Å². The minimum Gasteiger partial charge on any atom is -0.435 e. The topological polar surface area (TPSA) is 58.6 Å². The summed E-state index contributed by atoms with van der Waals surface area (Å²) in [6.45, 7) is -2.14. The Kier molecular flexibility index (Phi) is 7.70. The number of carbonyl (C=O) groups is 2. The van der Waals surface area contributed by atoms with Gasteiger partial charge in [-0.25, -0.2) is 4.39 Å². The van der Waals surface area contributed by atoms with Gasteiger partial charge in [0, 0.05) is 18.7 Å². The van der Waals surface area contributed by atoms with Crippen LogP contribution in [0.15, 0.2) is 78.9 Å². The number of piperidine rings is 1. The molecule has 1 fully saturated rings. The van der Waals surface area contributed by atoms with Crippen molar-refractivity contribution in [3.8, 4) is 5.75 Å². The molecule has 2 amide bonds. The molecule has 4 rings (SSSR count). The predicted octanol–water partition coefficient (Wildman–Crippen LogP) is 5.19. The van der Waals surface area contributed by atoms with Crippen molar-refractivity contribution in [2.24, 2.45) is 5.92 Å². The summed E-state index contributed by atoms with van der Waals surface area (Å²) in [4.78, 5) is 27.8. The molecule has 5 nitrogen and oxygen atoms in total. The molecule has 1 heterocycles. The van der Waals surface area contributed by atoms with Crippen LogP contribution in [-0.2, 0) is 4.79 Å². The molecule has 1 aliphatic heterocycles. The van der Waals surface area contributed by atoms with Gasteiger partial charge in [0.25, 0.3) is 5.91 Å². The Labute approximate surface area is 201 Å². The maximum absolute atomic E-state index is 13.3. The van der Waals surface area contributed by atoms with E-state index in [1.165, 1.54) is 36.4 Å². The van der Waals surface area contributed by atoms with Crippen LogP contribution in [0.3, 0.4) is 0 Å². The number of nitrogens with one attached hydrogen (secondary N) is 1. The smallest absolute Gasteiger partial charge is 0.387 e. The largest absolute Gasteiger partial charge is 0.435 e. The Balaban J connectivity index is 1.49. The van der Waals surface area contributed by atoms with Crippen LogP contribution < -0.4 is 10.1 Å². The van der Waals surface area contributed by atoms with Crippen LogP contribution in [0.4, 0.5) is 13.2 Å². The first-order valence-corrected chi connectivity index (χ1v) is 11.4. The van der Waals surface area contributed by atoms with Gasteiger partial charge < -0.3 is 15.0 Å². The summed E-state index contributed by atoms with van der Waals surface area (Å²) in [5.74, 6) is -1.25. The molecule has 1 saturated heterocycles. The van der Waals surface area contributed by atoms with Crippen molar-refractivity contribution < 1.29 is 27.5 Å². The van der Waals surface area contributed by atoms with Crippen LogP contribution >= 0.6 is 0 Å². The number of ether oxygens (including phenoxy) is 1. The summed E-state index contributed by atoms with van der Waals surface area (Å²) >= 11 is 0. The summed E-state index contributed by atoms with van der Waals surface area (Å²) in [5.41, 5.74) is 1.92. The van der Waals surface area contributed by atoms with E-state index in [4.69, 9.17) is 0 Å². The lowest BCUT2D eigenvalue weighted by Crippen LogP contribution is -2.46. The van der Waals surface area contributed by atoms with Crippen LogP contribution in [0.25, 0.3) is 0 Å². The van der Waals surface area contributed by atoms with E-state index in [2.05, 4.69) is 10.1 Å². The maximum Gasteiger partial charge on any atom is 0.387 e. The number of benzene rings is 3. The highest BCUT2D eigenvalue weighted by Crippen LogP contribution is 2.27. The first kappa shape index (κ1) is 24.3. The zero-order valence-electron chi connectivity index (χ0n) is 18.9. The predicted molar refractivity (Wildman–Crippen MR) is 125 cm³/mol. The average molecular weight is 483 g/mol. The number of amides is 2. The number of hydrogen-bond donors (Lipinski definition) is 1. The molecule has 1 aliphatic rings. The number of carbonyl (C=O) groups excluding carboxylic acids is 2. The molecule has 0 aliphatic carbocycles. The minimum atomic E-state index is -2.92. The second kappa shape index (κ2) is 11.1. The van der Waals surface area contributed by atoms with Crippen molar-refractivity contribution in [1.29, 1.82) is 0 Å². The van der Waals surface area contributed by atoms with E-state index < -0.39 is 24.4 Å². The van der Waals surface area contributed by atoms with E-state index in [0.29, 0.717) is 30.5 Å². The molecule has 3 aromatic carbocycles. The Bertz CT molecular complexity index is 1140. The Hall–Kier alpha value is -3.81. The van der Waals surface area contributed by atoms with Gasteiger partial charge in [-0.05, 0) is 60.4 Å². The number of hydrogen-bond acceptors (Lipinski definition) is 3. The summed E-state index contributed by atoms with van der Waals surface area (Å²) in [6, 6.07) is 20.3. The quantitative estimate of drug-likeness (QED) is 0.505. The van der Waals surface area contributed by atoms with Crippen molar-refractivity contribution in [2.75, 3.05) is 13.1 Å². The summed E-state index contributed by atoms with van der Waals surface area (Å²) in [5, 5.41) is 3.07. The lowest BCUT2D eigenvalue weighted by atomic mass is 9.94. The average Bonchev–Trinajstić information content (AvgIpc) is 2.88. The van der Waals surface area contributed by atoms with Crippen molar-refractivity contribution in [2.45, 2.75) is 25.5 Å². The van der Waals surface area contributed by atoms with E-state index in [1.54, 1.807) is 17.0 Å². The fraction of sp³-hybridized carbons (Fsp3) is 0.259. The molecular weight excluding hydrogens is 457 g/mol. The fourth-order valence-electron chi connectivity index (χ4n) is 4.26. The van der Waals surface area contributed by atoms with Crippen LogP contribution in [0.1, 0.15) is 40.4 Å².